The lowest BCUT2D eigenvalue weighted by Gasteiger charge is -2.47. The first kappa shape index (κ1) is 31.3. The number of aliphatic hydroxyl groups is 2. The van der Waals surface area contributed by atoms with Gasteiger partial charge in [0, 0.05) is 22.5 Å². The Morgan fingerprint density at radius 2 is 1.37 bits per heavy atom. The van der Waals surface area contributed by atoms with E-state index in [0.717, 1.165) is 46.5 Å². The van der Waals surface area contributed by atoms with Crippen molar-refractivity contribution in [2.45, 2.75) is 132 Å². The molecule has 2 aromatic rings. The Hall–Kier alpha value is -1.71. The summed E-state index contributed by atoms with van der Waals surface area (Å²) in [5.41, 5.74) is 7.35. The average molecular weight is 484 g/mol. The van der Waals surface area contributed by atoms with Gasteiger partial charge in [-0.15, -0.1) is 0 Å². The molecule has 0 bridgehead atoms. The second-order valence-electron chi connectivity index (χ2n) is 10.0. The summed E-state index contributed by atoms with van der Waals surface area (Å²) >= 11 is 0. The zero-order valence-corrected chi connectivity index (χ0v) is 24.5. The van der Waals surface area contributed by atoms with Gasteiger partial charge in [0.15, 0.2) is 0 Å². The Morgan fingerprint density at radius 3 is 1.80 bits per heavy atom. The minimum absolute atomic E-state index is 0.218. The summed E-state index contributed by atoms with van der Waals surface area (Å²) in [5, 5.41) is 22.4. The maximum absolute atomic E-state index is 11.4. The van der Waals surface area contributed by atoms with E-state index in [4.69, 9.17) is 4.98 Å². The van der Waals surface area contributed by atoms with Crippen LogP contribution in [-0.2, 0) is 6.42 Å². The summed E-state index contributed by atoms with van der Waals surface area (Å²) in [5.74, 6) is 0.684. The Balaban J connectivity index is 0.000000949. The molecule has 1 spiro atoms. The van der Waals surface area contributed by atoms with Crippen LogP contribution in [0.1, 0.15) is 158 Å². The standard InChI is InChI=1S/C26H35NO2.3C2H6/c1-15(2)18-7-9-19(10-8-18)25(29)23-17(5)22-20(27-24(23)16(3)4)13-26(11-6-12-26)14-21(22)28;3*1-2/h7-10,15-16,21,25,28-29H,6,11-14H2,1-5H3;3*1-2H3/t21?,25-;;;/m0.../s1. The van der Waals surface area contributed by atoms with Gasteiger partial charge in [-0.2, -0.15) is 0 Å². The second kappa shape index (κ2) is 14.1. The fourth-order valence-corrected chi connectivity index (χ4v) is 5.41. The fraction of sp³-hybridized carbons (Fsp3) is 0.656. The average Bonchev–Trinajstić information content (AvgIpc) is 2.85. The molecule has 1 heterocycles. The van der Waals surface area contributed by atoms with Crippen LogP contribution in [0.15, 0.2) is 24.3 Å². The van der Waals surface area contributed by atoms with Crippen molar-refractivity contribution in [2.24, 2.45) is 5.41 Å². The van der Waals surface area contributed by atoms with Gasteiger partial charge in [-0.25, -0.2) is 0 Å². The summed E-state index contributed by atoms with van der Waals surface area (Å²) in [4.78, 5) is 5.07. The van der Waals surface area contributed by atoms with Crippen molar-refractivity contribution in [1.29, 1.82) is 0 Å². The molecule has 2 aliphatic rings. The lowest BCUT2D eigenvalue weighted by Crippen LogP contribution is -2.38. The minimum atomic E-state index is -0.724. The molecule has 2 atom stereocenters. The molecular weight excluding hydrogens is 430 g/mol. The largest absolute Gasteiger partial charge is 0.388 e. The minimum Gasteiger partial charge on any atom is -0.388 e. The topological polar surface area (TPSA) is 53.4 Å². The maximum Gasteiger partial charge on any atom is 0.106 e. The molecule has 1 aromatic carbocycles. The monoisotopic (exact) mass is 483 g/mol. The van der Waals surface area contributed by atoms with Crippen LogP contribution in [0.2, 0.25) is 0 Å². The van der Waals surface area contributed by atoms with Gasteiger partial charge in [0.1, 0.15) is 6.10 Å². The molecule has 3 heteroatoms. The Labute approximate surface area is 216 Å². The Morgan fingerprint density at radius 1 is 0.857 bits per heavy atom. The van der Waals surface area contributed by atoms with Crippen molar-refractivity contribution in [3.8, 4) is 0 Å². The number of hydrogen-bond acceptors (Lipinski definition) is 3. The number of benzene rings is 1. The SMILES string of the molecule is CC.CC.CC.Cc1c2c(nc(C(C)C)c1[C@@H](O)c1ccc(C(C)C)cc1)CC1(CCC1)CC2O. The van der Waals surface area contributed by atoms with Crippen molar-refractivity contribution < 1.29 is 10.2 Å². The van der Waals surface area contributed by atoms with Crippen LogP contribution in [0.3, 0.4) is 0 Å². The van der Waals surface area contributed by atoms with Gasteiger partial charge in [-0.1, -0.05) is 99.9 Å². The van der Waals surface area contributed by atoms with E-state index < -0.39 is 12.2 Å². The first-order valence-corrected chi connectivity index (χ1v) is 14.2. The van der Waals surface area contributed by atoms with Crippen LogP contribution < -0.4 is 0 Å². The van der Waals surface area contributed by atoms with Crippen LogP contribution in [0.4, 0.5) is 0 Å². The zero-order valence-electron chi connectivity index (χ0n) is 24.5. The molecule has 35 heavy (non-hydrogen) atoms. The molecule has 1 saturated carbocycles. The highest BCUT2D eigenvalue weighted by molar-refractivity contribution is 5.48. The zero-order chi connectivity index (χ0) is 26.9. The van der Waals surface area contributed by atoms with Gasteiger partial charge < -0.3 is 10.2 Å². The summed E-state index contributed by atoms with van der Waals surface area (Å²) < 4.78 is 0. The molecule has 1 aromatic heterocycles. The highest BCUT2D eigenvalue weighted by Gasteiger charge is 2.44. The maximum atomic E-state index is 11.4. The van der Waals surface area contributed by atoms with Crippen molar-refractivity contribution in [1.82, 2.24) is 4.98 Å². The van der Waals surface area contributed by atoms with Crippen LogP contribution in [0.5, 0.6) is 0 Å². The van der Waals surface area contributed by atoms with Gasteiger partial charge in [0.25, 0.3) is 0 Å². The van der Waals surface area contributed by atoms with Crippen LogP contribution >= 0.6 is 0 Å². The van der Waals surface area contributed by atoms with Crippen LogP contribution in [0, 0.1) is 12.3 Å². The molecule has 2 N–H and O–H groups in total. The van der Waals surface area contributed by atoms with Crippen molar-refractivity contribution >= 4 is 0 Å². The molecule has 1 unspecified atom stereocenters. The predicted octanol–water partition coefficient (Wildman–Crippen LogP) is 8.95. The van der Waals surface area contributed by atoms with E-state index in [2.05, 4.69) is 46.8 Å². The fourth-order valence-electron chi connectivity index (χ4n) is 5.41. The summed E-state index contributed by atoms with van der Waals surface area (Å²) in [6, 6.07) is 8.27. The van der Waals surface area contributed by atoms with Gasteiger partial charge in [-0.05, 0) is 66.5 Å². The number of aliphatic hydroxyl groups excluding tert-OH is 2. The third-order valence-electron chi connectivity index (χ3n) is 7.31. The predicted molar refractivity (Wildman–Crippen MR) is 151 cm³/mol. The molecule has 0 aliphatic heterocycles. The summed E-state index contributed by atoms with van der Waals surface area (Å²) in [6.07, 6.45) is 4.28. The van der Waals surface area contributed by atoms with Crippen LogP contribution in [0.25, 0.3) is 0 Å². The molecule has 0 amide bonds. The molecule has 2 aliphatic carbocycles. The van der Waals surface area contributed by atoms with Crippen molar-refractivity contribution in [2.75, 3.05) is 0 Å². The number of fused-ring (bicyclic) bond motifs is 1. The lowest BCUT2D eigenvalue weighted by molar-refractivity contribution is 0.0238. The number of rotatable bonds is 4. The van der Waals surface area contributed by atoms with E-state index >= 15 is 0 Å². The van der Waals surface area contributed by atoms with Crippen molar-refractivity contribution in [3.05, 3.63) is 63.5 Å². The van der Waals surface area contributed by atoms with E-state index in [9.17, 15) is 10.2 Å². The summed E-state index contributed by atoms with van der Waals surface area (Å²) in [7, 11) is 0. The van der Waals surface area contributed by atoms with Gasteiger partial charge in [0.2, 0.25) is 0 Å². The van der Waals surface area contributed by atoms with Gasteiger partial charge in [-0.3, -0.25) is 4.98 Å². The number of nitrogens with zero attached hydrogens (tertiary/aromatic N) is 1. The molecular formula is C32H53NO2. The van der Waals surface area contributed by atoms with E-state index in [-0.39, 0.29) is 11.3 Å². The second-order valence-corrected chi connectivity index (χ2v) is 10.0. The van der Waals surface area contributed by atoms with Crippen LogP contribution in [-0.4, -0.2) is 15.2 Å². The lowest BCUT2D eigenvalue weighted by atomic mass is 9.59. The number of pyridine rings is 1. The molecule has 0 saturated heterocycles. The molecule has 198 valence electrons. The van der Waals surface area contributed by atoms with Gasteiger partial charge >= 0.3 is 0 Å². The summed E-state index contributed by atoms with van der Waals surface area (Å²) in [6.45, 7) is 22.7. The van der Waals surface area contributed by atoms with E-state index in [1.807, 2.05) is 53.7 Å². The van der Waals surface area contributed by atoms with E-state index in [1.54, 1.807) is 0 Å². The molecule has 0 radical (unpaired) electrons. The Kier molecular flexibility index (Phi) is 12.7. The third kappa shape index (κ3) is 6.74. The number of aromatic nitrogens is 1. The molecule has 1 fully saturated rings. The van der Waals surface area contributed by atoms with Gasteiger partial charge in [0.05, 0.1) is 6.10 Å². The first-order chi connectivity index (χ1) is 16.7. The smallest absolute Gasteiger partial charge is 0.106 e. The van der Waals surface area contributed by atoms with Crippen molar-refractivity contribution in [3.63, 3.8) is 0 Å². The highest BCUT2D eigenvalue weighted by Crippen LogP contribution is 2.54. The normalized spacial score (nSPS) is 18.2. The third-order valence-corrected chi connectivity index (χ3v) is 7.31. The highest BCUT2D eigenvalue weighted by atomic mass is 16.3. The Bertz CT molecular complexity index is 895. The first-order valence-electron chi connectivity index (χ1n) is 14.2. The van der Waals surface area contributed by atoms with E-state index in [1.165, 1.54) is 24.8 Å². The van der Waals surface area contributed by atoms with E-state index in [0.29, 0.717) is 5.92 Å². The molecule has 3 nitrogen and oxygen atoms in total. The number of hydrogen-bond donors (Lipinski definition) is 2. The molecule has 4 rings (SSSR count). The quantitative estimate of drug-likeness (QED) is 0.456.